The van der Waals surface area contributed by atoms with Crippen molar-refractivity contribution in [3.63, 3.8) is 0 Å². The number of hydrogen-bond donors (Lipinski definition) is 1. The SMILES string of the molecule is CCc1cccc2cc(OCOC)cc(-c3c(Cl)cc4c(N5CC[C@H]6CC[C@@H](C5)N6C(=O)O)nc(OC[C@@]56CCCN5C[C@H](F)C6)nc4c3F)c12. The Kier molecular flexibility index (Phi) is 9.04. The fraction of sp³-hybridized carbons (Fsp3) is 0.500. The van der Waals surface area contributed by atoms with Crippen molar-refractivity contribution in [2.75, 3.05) is 51.6 Å². The van der Waals surface area contributed by atoms with E-state index >= 15 is 4.39 Å². The Morgan fingerprint density at radius 1 is 1.10 bits per heavy atom. The third-order valence-electron chi connectivity index (χ3n) is 11.4. The van der Waals surface area contributed by atoms with Gasteiger partial charge in [-0.2, -0.15) is 9.97 Å². The van der Waals surface area contributed by atoms with Gasteiger partial charge in [-0.15, -0.1) is 0 Å². The summed E-state index contributed by atoms with van der Waals surface area (Å²) >= 11 is 7.09. The maximum atomic E-state index is 17.4. The van der Waals surface area contributed by atoms with E-state index in [-0.39, 0.29) is 47.6 Å². The molecule has 4 aliphatic rings. The van der Waals surface area contributed by atoms with Gasteiger partial charge in [0.1, 0.15) is 29.9 Å². The molecule has 0 unspecified atom stereocenters. The molecule has 4 atom stereocenters. The molecule has 0 aliphatic carbocycles. The second-order valence-electron chi connectivity index (χ2n) is 14.3. The number of carboxylic acid groups (broad SMARTS) is 1. The number of hydrogen-bond acceptors (Lipinski definition) is 8. The third kappa shape index (κ3) is 5.98. The van der Waals surface area contributed by atoms with E-state index < -0.39 is 23.6 Å². The highest BCUT2D eigenvalue weighted by Gasteiger charge is 2.49. The molecule has 0 saturated carbocycles. The van der Waals surface area contributed by atoms with Gasteiger partial charge in [0, 0.05) is 50.2 Å². The Morgan fingerprint density at radius 2 is 1.94 bits per heavy atom. The third-order valence-corrected chi connectivity index (χ3v) is 11.7. The van der Waals surface area contributed by atoms with Crippen LogP contribution in [0.2, 0.25) is 5.02 Å². The summed E-state index contributed by atoms with van der Waals surface area (Å²) in [5.41, 5.74) is 1.35. The van der Waals surface area contributed by atoms with Crippen LogP contribution in [0.1, 0.15) is 51.0 Å². The van der Waals surface area contributed by atoms with Crippen molar-refractivity contribution in [3.05, 3.63) is 52.8 Å². The van der Waals surface area contributed by atoms with Crippen molar-refractivity contribution in [2.45, 2.75) is 75.7 Å². The molecule has 4 fully saturated rings. The van der Waals surface area contributed by atoms with E-state index in [2.05, 4.69) is 11.8 Å². The number of halogens is 3. The van der Waals surface area contributed by atoms with Crippen LogP contribution in [0.15, 0.2) is 36.4 Å². The van der Waals surface area contributed by atoms with Crippen LogP contribution < -0.4 is 14.4 Å². The van der Waals surface area contributed by atoms with Crippen LogP contribution in [0.25, 0.3) is 32.8 Å². The number of methoxy groups -OCH3 is 1. The molecule has 1 amide bonds. The zero-order valence-corrected chi connectivity index (χ0v) is 29.6. The average molecular weight is 722 g/mol. The highest BCUT2D eigenvalue weighted by molar-refractivity contribution is 6.35. The number of alkyl halides is 1. The summed E-state index contributed by atoms with van der Waals surface area (Å²) in [7, 11) is 1.54. The fourth-order valence-electron chi connectivity index (χ4n) is 9.12. The summed E-state index contributed by atoms with van der Waals surface area (Å²) in [6.07, 6.45) is 3.12. The molecule has 0 radical (unpaired) electrons. The van der Waals surface area contributed by atoms with Crippen LogP contribution in [0.5, 0.6) is 11.8 Å². The number of aryl methyl sites for hydroxylation is 1. The molecule has 2 bridgehead atoms. The summed E-state index contributed by atoms with van der Waals surface area (Å²) < 4.78 is 49.4. The quantitative estimate of drug-likeness (QED) is 0.177. The molecule has 1 N–H and O–H groups in total. The number of anilines is 1. The van der Waals surface area contributed by atoms with Crippen molar-refractivity contribution >= 4 is 45.2 Å². The Labute approximate surface area is 300 Å². The summed E-state index contributed by atoms with van der Waals surface area (Å²) in [5.74, 6) is 0.310. The van der Waals surface area contributed by atoms with Gasteiger partial charge in [0.25, 0.3) is 0 Å². The van der Waals surface area contributed by atoms with Crippen LogP contribution in [-0.2, 0) is 11.2 Å². The predicted octanol–water partition coefficient (Wildman–Crippen LogP) is 7.46. The number of ether oxygens (including phenoxy) is 3. The van der Waals surface area contributed by atoms with Crippen LogP contribution in [0.4, 0.5) is 19.4 Å². The first-order chi connectivity index (χ1) is 24.7. The lowest BCUT2D eigenvalue weighted by atomic mass is 9.92. The summed E-state index contributed by atoms with van der Waals surface area (Å²) in [6, 6.07) is 11.0. The van der Waals surface area contributed by atoms with Crippen LogP contribution in [0.3, 0.4) is 0 Å². The van der Waals surface area contributed by atoms with Gasteiger partial charge in [0.05, 0.1) is 16.6 Å². The smallest absolute Gasteiger partial charge is 0.407 e. The molecular weight excluding hydrogens is 680 g/mol. The predicted molar refractivity (Wildman–Crippen MR) is 191 cm³/mol. The topological polar surface area (TPSA) is 100 Å². The normalized spacial score (nSPS) is 24.8. The lowest BCUT2D eigenvalue weighted by molar-refractivity contribution is 0.0512. The van der Waals surface area contributed by atoms with Gasteiger partial charge in [0.15, 0.2) is 12.6 Å². The van der Waals surface area contributed by atoms with Gasteiger partial charge in [0.2, 0.25) is 0 Å². The Bertz CT molecular complexity index is 2000. The average Bonchev–Trinajstić information content (AvgIpc) is 3.74. The number of aromatic nitrogens is 2. The van der Waals surface area contributed by atoms with Crippen molar-refractivity contribution < 1.29 is 32.9 Å². The molecule has 4 saturated heterocycles. The van der Waals surface area contributed by atoms with E-state index in [4.69, 9.17) is 35.8 Å². The number of rotatable bonds is 9. The van der Waals surface area contributed by atoms with E-state index in [1.54, 1.807) is 17.0 Å². The minimum Gasteiger partial charge on any atom is -0.468 e. The lowest BCUT2D eigenvalue weighted by Crippen LogP contribution is -2.43. The van der Waals surface area contributed by atoms with Crippen molar-refractivity contribution in [1.82, 2.24) is 19.8 Å². The van der Waals surface area contributed by atoms with Crippen LogP contribution in [-0.4, -0.2) is 101 Å². The summed E-state index contributed by atoms with van der Waals surface area (Å²) in [5, 5.41) is 12.3. The van der Waals surface area contributed by atoms with Gasteiger partial charge in [-0.1, -0.05) is 36.7 Å². The highest BCUT2D eigenvalue weighted by Crippen LogP contribution is 2.45. The molecule has 270 valence electrons. The molecular formula is C38H42ClF2N5O5. The molecule has 10 nitrogen and oxygen atoms in total. The molecule has 51 heavy (non-hydrogen) atoms. The molecule has 5 heterocycles. The van der Waals surface area contributed by atoms with Gasteiger partial charge >= 0.3 is 12.1 Å². The Morgan fingerprint density at radius 3 is 2.75 bits per heavy atom. The van der Waals surface area contributed by atoms with Gasteiger partial charge in [-0.3, -0.25) is 4.90 Å². The maximum Gasteiger partial charge on any atom is 0.407 e. The Hall–Kier alpha value is -4.00. The van der Waals surface area contributed by atoms with Crippen molar-refractivity contribution in [3.8, 4) is 22.9 Å². The standard InChI is InChI=1S/C38H42ClF2N5O5/c1-3-22-6-4-7-23-14-27(51-21-49-2)15-28(31(22)23)32-30(39)16-29-34(33(32)41)42-36(50-20-38-11-5-12-45(38)18-24(40)17-38)43-35(29)44-13-10-25-8-9-26(19-44)46(25)37(47)48/h4,6-7,14-16,24-26H,3,5,8-13,17-21H2,1-2H3,(H,47,48)/t24-,25-,26+,38+/m1/s1. The van der Waals surface area contributed by atoms with E-state index in [0.717, 1.165) is 48.6 Å². The minimum absolute atomic E-state index is 0.00557. The van der Waals surface area contributed by atoms with Crippen molar-refractivity contribution in [2.24, 2.45) is 0 Å². The first-order valence-electron chi connectivity index (χ1n) is 17.8. The molecule has 1 aromatic heterocycles. The Balaban J connectivity index is 1.28. The second kappa shape index (κ2) is 13.5. The van der Waals surface area contributed by atoms with E-state index in [1.807, 2.05) is 29.2 Å². The number of nitrogens with zero attached hydrogens (tertiary/aromatic N) is 5. The molecule has 4 aromatic rings. The molecule has 3 aromatic carbocycles. The van der Waals surface area contributed by atoms with Gasteiger partial charge in [-0.25, -0.2) is 13.6 Å². The number of fused-ring (bicyclic) bond motifs is 5. The zero-order chi connectivity index (χ0) is 35.4. The zero-order valence-electron chi connectivity index (χ0n) is 28.8. The van der Waals surface area contributed by atoms with Crippen molar-refractivity contribution in [1.29, 1.82) is 0 Å². The van der Waals surface area contributed by atoms with Gasteiger partial charge in [-0.05, 0) is 85.2 Å². The molecule has 0 spiro atoms. The first kappa shape index (κ1) is 34.1. The number of benzene rings is 3. The lowest BCUT2D eigenvalue weighted by Gasteiger charge is -2.31. The van der Waals surface area contributed by atoms with E-state index in [9.17, 15) is 14.3 Å². The molecule has 13 heteroatoms. The van der Waals surface area contributed by atoms with E-state index in [0.29, 0.717) is 61.4 Å². The molecule has 4 aliphatic heterocycles. The monoisotopic (exact) mass is 721 g/mol. The largest absolute Gasteiger partial charge is 0.468 e. The number of amides is 1. The number of carbonyl (C=O) groups is 1. The summed E-state index contributed by atoms with van der Waals surface area (Å²) in [6.45, 7) is 4.34. The van der Waals surface area contributed by atoms with Crippen LogP contribution in [0, 0.1) is 5.82 Å². The second-order valence-corrected chi connectivity index (χ2v) is 14.7. The summed E-state index contributed by atoms with van der Waals surface area (Å²) in [4.78, 5) is 27.5. The highest BCUT2D eigenvalue weighted by atomic mass is 35.5. The fourth-order valence-corrected chi connectivity index (χ4v) is 9.41. The van der Waals surface area contributed by atoms with Crippen LogP contribution >= 0.6 is 11.6 Å². The maximum absolute atomic E-state index is 17.4. The van der Waals surface area contributed by atoms with E-state index in [1.165, 1.54) is 7.11 Å². The first-order valence-corrected chi connectivity index (χ1v) is 18.2. The molecule has 8 rings (SSSR count). The van der Waals surface area contributed by atoms with Gasteiger partial charge < -0.3 is 29.1 Å². The minimum atomic E-state index is -0.932.